The van der Waals surface area contributed by atoms with Crippen LogP contribution in [0.5, 0.6) is 0 Å². The van der Waals surface area contributed by atoms with Crippen LogP contribution in [0.2, 0.25) is 0 Å². The second-order valence-electron chi connectivity index (χ2n) is 5.82. The first-order valence-corrected chi connectivity index (χ1v) is 7.70. The molecule has 1 saturated carbocycles. The predicted molar refractivity (Wildman–Crippen MR) is 82.7 cm³/mol. The van der Waals surface area contributed by atoms with Crippen molar-refractivity contribution in [1.29, 1.82) is 0 Å². The second-order valence-corrected chi connectivity index (χ2v) is 5.82. The van der Waals surface area contributed by atoms with E-state index >= 15 is 0 Å². The van der Waals surface area contributed by atoms with Gasteiger partial charge in [-0.2, -0.15) is 0 Å². The van der Waals surface area contributed by atoms with Gasteiger partial charge in [0, 0.05) is 23.5 Å². The van der Waals surface area contributed by atoms with Gasteiger partial charge in [-0.15, -0.1) is 0 Å². The molecule has 1 aliphatic rings. The fourth-order valence-electron chi connectivity index (χ4n) is 2.73. The van der Waals surface area contributed by atoms with Crippen LogP contribution in [0, 0.1) is 0 Å². The number of hydrogen-bond donors (Lipinski definition) is 1. The smallest absolute Gasteiger partial charge is 0.134 e. The summed E-state index contributed by atoms with van der Waals surface area (Å²) in [5.74, 6) is 1.13. The van der Waals surface area contributed by atoms with E-state index in [-0.39, 0.29) is 0 Å². The maximum Gasteiger partial charge on any atom is 0.134 e. The number of para-hydroxylation sites is 1. The third kappa shape index (κ3) is 2.89. The SMILES string of the molecule is CCCNCc1c(CN(C)C2CC2)oc2ccccc12. The summed E-state index contributed by atoms with van der Waals surface area (Å²) >= 11 is 0. The van der Waals surface area contributed by atoms with Gasteiger partial charge in [0.05, 0.1) is 6.54 Å². The summed E-state index contributed by atoms with van der Waals surface area (Å²) in [6, 6.07) is 9.14. The second kappa shape index (κ2) is 5.98. The Labute approximate surface area is 120 Å². The summed E-state index contributed by atoms with van der Waals surface area (Å²) in [6.45, 7) is 5.07. The van der Waals surface area contributed by atoms with Crippen LogP contribution in [0.4, 0.5) is 0 Å². The summed E-state index contributed by atoms with van der Waals surface area (Å²) in [6.07, 6.45) is 3.83. The molecule has 1 aromatic heterocycles. The molecule has 0 unspecified atom stereocenters. The Morgan fingerprint density at radius 3 is 2.85 bits per heavy atom. The lowest BCUT2D eigenvalue weighted by molar-refractivity contribution is 0.287. The summed E-state index contributed by atoms with van der Waals surface area (Å²) in [5.41, 5.74) is 2.35. The molecule has 20 heavy (non-hydrogen) atoms. The molecule has 1 fully saturated rings. The third-order valence-corrected chi connectivity index (χ3v) is 4.07. The van der Waals surface area contributed by atoms with Gasteiger partial charge in [-0.1, -0.05) is 25.1 Å². The molecule has 1 heterocycles. The van der Waals surface area contributed by atoms with Gasteiger partial charge in [-0.05, 0) is 38.9 Å². The average Bonchev–Trinajstić information content (AvgIpc) is 3.24. The standard InChI is InChI=1S/C17H24N2O/c1-3-10-18-11-15-14-6-4-5-7-16(14)20-17(15)12-19(2)13-8-9-13/h4-7,13,18H,3,8-12H2,1-2H3. The third-order valence-electron chi connectivity index (χ3n) is 4.07. The van der Waals surface area contributed by atoms with Crippen molar-refractivity contribution in [1.82, 2.24) is 10.2 Å². The molecule has 0 atom stereocenters. The van der Waals surface area contributed by atoms with Crippen LogP contribution in [-0.2, 0) is 13.1 Å². The minimum atomic E-state index is 0.764. The van der Waals surface area contributed by atoms with Gasteiger partial charge in [0.2, 0.25) is 0 Å². The Bertz CT molecular complexity index is 571. The van der Waals surface area contributed by atoms with Crippen LogP contribution in [-0.4, -0.2) is 24.5 Å². The van der Waals surface area contributed by atoms with Crippen LogP contribution >= 0.6 is 0 Å². The minimum absolute atomic E-state index is 0.764. The lowest BCUT2D eigenvalue weighted by Gasteiger charge is -2.15. The fraction of sp³-hybridized carbons (Fsp3) is 0.529. The molecule has 3 nitrogen and oxygen atoms in total. The molecule has 0 radical (unpaired) electrons. The molecular weight excluding hydrogens is 248 g/mol. The molecule has 2 aromatic rings. The quantitative estimate of drug-likeness (QED) is 0.782. The zero-order valence-corrected chi connectivity index (χ0v) is 12.5. The topological polar surface area (TPSA) is 28.4 Å². The molecule has 3 rings (SSSR count). The summed E-state index contributed by atoms with van der Waals surface area (Å²) in [5, 5.41) is 4.77. The lowest BCUT2D eigenvalue weighted by atomic mass is 10.1. The molecule has 108 valence electrons. The summed E-state index contributed by atoms with van der Waals surface area (Å²) in [7, 11) is 2.20. The van der Waals surface area contributed by atoms with Crippen LogP contribution in [0.1, 0.15) is 37.5 Å². The zero-order valence-electron chi connectivity index (χ0n) is 12.5. The predicted octanol–water partition coefficient (Wildman–Crippen LogP) is 3.53. The average molecular weight is 272 g/mol. The van der Waals surface area contributed by atoms with Crippen molar-refractivity contribution >= 4 is 11.0 Å². The van der Waals surface area contributed by atoms with Crippen molar-refractivity contribution < 1.29 is 4.42 Å². The molecule has 3 heteroatoms. The van der Waals surface area contributed by atoms with E-state index in [1.807, 2.05) is 6.07 Å². The number of nitrogens with zero attached hydrogens (tertiary/aromatic N) is 1. The van der Waals surface area contributed by atoms with Crippen molar-refractivity contribution in [3.05, 3.63) is 35.6 Å². The first kappa shape index (κ1) is 13.7. The van der Waals surface area contributed by atoms with Gasteiger partial charge in [0.1, 0.15) is 11.3 Å². The number of furan rings is 1. The van der Waals surface area contributed by atoms with E-state index in [9.17, 15) is 0 Å². The number of hydrogen-bond acceptors (Lipinski definition) is 3. The Balaban J connectivity index is 1.85. The van der Waals surface area contributed by atoms with Gasteiger partial charge in [-0.25, -0.2) is 0 Å². The molecule has 0 bridgehead atoms. The van der Waals surface area contributed by atoms with Crippen molar-refractivity contribution in [3.63, 3.8) is 0 Å². The van der Waals surface area contributed by atoms with E-state index in [2.05, 4.69) is 42.4 Å². The lowest BCUT2D eigenvalue weighted by Crippen LogP contribution is -2.21. The Morgan fingerprint density at radius 2 is 2.10 bits per heavy atom. The number of benzene rings is 1. The highest BCUT2D eigenvalue weighted by Gasteiger charge is 2.27. The Hall–Kier alpha value is -1.32. The number of fused-ring (bicyclic) bond motifs is 1. The highest BCUT2D eigenvalue weighted by molar-refractivity contribution is 5.82. The van der Waals surface area contributed by atoms with E-state index in [0.29, 0.717) is 0 Å². The fourth-order valence-corrected chi connectivity index (χ4v) is 2.73. The molecule has 1 N–H and O–H groups in total. The first-order chi connectivity index (χ1) is 9.79. The van der Waals surface area contributed by atoms with Crippen LogP contribution < -0.4 is 5.32 Å². The zero-order chi connectivity index (χ0) is 13.9. The van der Waals surface area contributed by atoms with Crippen molar-refractivity contribution in [2.75, 3.05) is 13.6 Å². The van der Waals surface area contributed by atoms with E-state index in [1.54, 1.807) is 0 Å². The Morgan fingerprint density at radius 1 is 1.30 bits per heavy atom. The molecule has 1 aromatic carbocycles. The largest absolute Gasteiger partial charge is 0.459 e. The van der Waals surface area contributed by atoms with E-state index in [4.69, 9.17) is 4.42 Å². The van der Waals surface area contributed by atoms with Crippen LogP contribution in [0.3, 0.4) is 0 Å². The van der Waals surface area contributed by atoms with Gasteiger partial charge >= 0.3 is 0 Å². The maximum atomic E-state index is 6.10. The van der Waals surface area contributed by atoms with E-state index < -0.39 is 0 Å². The van der Waals surface area contributed by atoms with E-state index in [1.165, 1.54) is 23.8 Å². The Kier molecular flexibility index (Phi) is 4.08. The highest BCUT2D eigenvalue weighted by Crippen LogP contribution is 2.31. The van der Waals surface area contributed by atoms with E-state index in [0.717, 1.165) is 43.4 Å². The van der Waals surface area contributed by atoms with Gasteiger partial charge in [0.15, 0.2) is 0 Å². The monoisotopic (exact) mass is 272 g/mol. The normalized spacial score (nSPS) is 15.3. The maximum absolute atomic E-state index is 6.10. The van der Waals surface area contributed by atoms with Gasteiger partial charge in [-0.3, -0.25) is 4.90 Å². The first-order valence-electron chi connectivity index (χ1n) is 7.70. The van der Waals surface area contributed by atoms with Gasteiger partial charge in [0.25, 0.3) is 0 Å². The molecule has 0 saturated heterocycles. The summed E-state index contributed by atoms with van der Waals surface area (Å²) in [4.78, 5) is 2.42. The number of rotatable bonds is 7. The van der Waals surface area contributed by atoms with Crippen molar-refractivity contribution in [2.45, 2.75) is 45.3 Å². The molecule has 0 amide bonds. The van der Waals surface area contributed by atoms with Crippen molar-refractivity contribution in [2.24, 2.45) is 0 Å². The number of nitrogens with one attached hydrogen (secondary N) is 1. The summed E-state index contributed by atoms with van der Waals surface area (Å²) < 4.78 is 6.10. The highest BCUT2D eigenvalue weighted by atomic mass is 16.3. The van der Waals surface area contributed by atoms with Crippen molar-refractivity contribution in [3.8, 4) is 0 Å². The molecule has 0 aliphatic heterocycles. The van der Waals surface area contributed by atoms with Crippen LogP contribution in [0.25, 0.3) is 11.0 Å². The van der Waals surface area contributed by atoms with Crippen LogP contribution in [0.15, 0.2) is 28.7 Å². The molecule has 0 spiro atoms. The molecule has 1 aliphatic carbocycles. The van der Waals surface area contributed by atoms with Gasteiger partial charge < -0.3 is 9.73 Å². The minimum Gasteiger partial charge on any atom is -0.459 e. The molecular formula is C17H24N2O.